The normalized spacial score (nSPS) is 11.3. The van der Waals surface area contributed by atoms with Crippen molar-refractivity contribution in [1.82, 2.24) is 24.7 Å². The Morgan fingerprint density at radius 2 is 1.56 bits per heavy atom. The third-order valence-electron chi connectivity index (χ3n) is 5.43. The van der Waals surface area contributed by atoms with Crippen LogP contribution in [0.5, 0.6) is 0 Å². The number of aryl methyl sites for hydroxylation is 2. The van der Waals surface area contributed by atoms with Crippen LogP contribution in [0.2, 0.25) is 0 Å². The zero-order valence-corrected chi connectivity index (χ0v) is 17.9. The van der Waals surface area contributed by atoms with E-state index in [2.05, 4.69) is 47.3 Å². The first-order valence-electron chi connectivity index (χ1n) is 10.4. The van der Waals surface area contributed by atoms with Crippen LogP contribution >= 0.6 is 0 Å². The minimum Gasteiger partial charge on any atom is -0.240 e. The molecule has 0 N–H and O–H groups in total. The van der Waals surface area contributed by atoms with Gasteiger partial charge in [0, 0.05) is 22.9 Å². The van der Waals surface area contributed by atoms with Gasteiger partial charge in [-0.1, -0.05) is 60.7 Å². The van der Waals surface area contributed by atoms with E-state index in [0.29, 0.717) is 5.82 Å². The Morgan fingerprint density at radius 3 is 2.31 bits per heavy atom. The van der Waals surface area contributed by atoms with Crippen molar-refractivity contribution < 1.29 is 0 Å². The first-order valence-corrected chi connectivity index (χ1v) is 10.4. The largest absolute Gasteiger partial charge is 0.240 e. The van der Waals surface area contributed by atoms with Crippen molar-refractivity contribution in [2.75, 3.05) is 0 Å². The van der Waals surface area contributed by atoms with Gasteiger partial charge in [0.1, 0.15) is 12.0 Å². The minimum absolute atomic E-state index is 0.685. The highest BCUT2D eigenvalue weighted by atomic mass is 15.4. The molecule has 2 aromatic heterocycles. The predicted octanol–water partition coefficient (Wildman–Crippen LogP) is 5.30. The maximum atomic E-state index is 4.89. The lowest BCUT2D eigenvalue weighted by Crippen LogP contribution is -1.94. The van der Waals surface area contributed by atoms with Gasteiger partial charge in [-0.3, -0.25) is 0 Å². The SMILES string of the molecule is Cc1ccc(-c2nn(-c3ccccc3)cc2/C=N\n2cnnc2-c2ccccc2)cc1C. The minimum atomic E-state index is 0.685. The van der Waals surface area contributed by atoms with Gasteiger partial charge in [0.15, 0.2) is 5.82 Å². The molecule has 156 valence electrons. The van der Waals surface area contributed by atoms with E-state index in [1.165, 1.54) is 11.1 Å². The average Bonchev–Trinajstić information content (AvgIpc) is 3.48. The summed E-state index contributed by atoms with van der Waals surface area (Å²) in [5.41, 5.74) is 7.26. The molecule has 2 heterocycles. The van der Waals surface area contributed by atoms with Crippen LogP contribution in [0.25, 0.3) is 28.3 Å². The van der Waals surface area contributed by atoms with E-state index in [4.69, 9.17) is 5.10 Å². The van der Waals surface area contributed by atoms with Crippen LogP contribution in [0.4, 0.5) is 0 Å². The molecular weight excluding hydrogens is 396 g/mol. The van der Waals surface area contributed by atoms with E-state index in [1.807, 2.05) is 77.8 Å². The number of benzene rings is 3. The van der Waals surface area contributed by atoms with Crippen molar-refractivity contribution in [2.24, 2.45) is 5.10 Å². The maximum Gasteiger partial charge on any atom is 0.184 e. The second-order valence-corrected chi connectivity index (χ2v) is 7.62. The Bertz CT molecular complexity index is 1380. The van der Waals surface area contributed by atoms with Gasteiger partial charge in [0.05, 0.1) is 11.9 Å². The van der Waals surface area contributed by atoms with E-state index in [-0.39, 0.29) is 0 Å². The van der Waals surface area contributed by atoms with Crippen LogP contribution in [0.3, 0.4) is 0 Å². The highest BCUT2D eigenvalue weighted by Crippen LogP contribution is 2.25. The van der Waals surface area contributed by atoms with E-state index in [9.17, 15) is 0 Å². The molecule has 0 saturated carbocycles. The topological polar surface area (TPSA) is 60.9 Å². The van der Waals surface area contributed by atoms with Gasteiger partial charge < -0.3 is 0 Å². The molecule has 6 nitrogen and oxygen atoms in total. The van der Waals surface area contributed by atoms with E-state index in [1.54, 1.807) is 11.0 Å². The standard InChI is InChI=1S/C26H22N6/c1-19-13-14-22(15-20(19)2)25-23(17-31(30-25)24-11-7-4-8-12-24)16-28-32-18-27-29-26(32)21-9-5-3-6-10-21/h3-18H,1-2H3/b28-16-. The van der Waals surface area contributed by atoms with Gasteiger partial charge in [-0.15, -0.1) is 10.2 Å². The molecule has 0 unspecified atom stereocenters. The molecule has 32 heavy (non-hydrogen) atoms. The average molecular weight is 419 g/mol. The summed E-state index contributed by atoms with van der Waals surface area (Å²) in [6, 6.07) is 26.4. The van der Waals surface area contributed by atoms with E-state index >= 15 is 0 Å². The summed E-state index contributed by atoms with van der Waals surface area (Å²) in [4.78, 5) is 0. The molecule has 5 rings (SSSR count). The van der Waals surface area contributed by atoms with Gasteiger partial charge in [-0.05, 0) is 43.2 Å². The van der Waals surface area contributed by atoms with E-state index < -0.39 is 0 Å². The van der Waals surface area contributed by atoms with Crippen molar-refractivity contribution >= 4 is 6.21 Å². The van der Waals surface area contributed by atoms with Crippen LogP contribution in [0.15, 0.2) is 96.5 Å². The smallest absolute Gasteiger partial charge is 0.184 e. The second kappa shape index (κ2) is 8.43. The second-order valence-electron chi connectivity index (χ2n) is 7.62. The first kappa shape index (κ1) is 19.6. The zero-order chi connectivity index (χ0) is 21.9. The third kappa shape index (κ3) is 3.86. The predicted molar refractivity (Wildman–Crippen MR) is 127 cm³/mol. The lowest BCUT2D eigenvalue weighted by atomic mass is 10.0. The molecule has 0 fully saturated rings. The summed E-state index contributed by atoms with van der Waals surface area (Å²) in [5, 5.41) is 17.8. The molecular formula is C26H22N6. The van der Waals surface area contributed by atoms with Crippen LogP contribution in [-0.2, 0) is 0 Å². The highest BCUT2D eigenvalue weighted by molar-refractivity contribution is 5.89. The summed E-state index contributed by atoms with van der Waals surface area (Å²) in [6.07, 6.45) is 5.42. The first-order chi connectivity index (χ1) is 15.7. The Morgan fingerprint density at radius 1 is 0.812 bits per heavy atom. The van der Waals surface area contributed by atoms with Crippen molar-refractivity contribution in [3.8, 4) is 28.3 Å². The lowest BCUT2D eigenvalue weighted by molar-refractivity contribution is 0.883. The summed E-state index contributed by atoms with van der Waals surface area (Å²) < 4.78 is 3.56. The van der Waals surface area contributed by atoms with Gasteiger partial charge in [0.25, 0.3) is 0 Å². The number of hydrogen-bond donors (Lipinski definition) is 0. The Kier molecular flexibility index (Phi) is 5.17. The van der Waals surface area contributed by atoms with Crippen molar-refractivity contribution in [1.29, 1.82) is 0 Å². The zero-order valence-electron chi connectivity index (χ0n) is 17.9. The molecule has 0 amide bonds. The molecule has 0 spiro atoms. The number of nitrogens with zero attached hydrogens (tertiary/aromatic N) is 6. The van der Waals surface area contributed by atoms with Gasteiger partial charge in [0.2, 0.25) is 0 Å². The van der Waals surface area contributed by atoms with Crippen LogP contribution in [0, 0.1) is 13.8 Å². The summed E-state index contributed by atoms with van der Waals surface area (Å²) in [6.45, 7) is 4.23. The number of hydrogen-bond acceptors (Lipinski definition) is 4. The van der Waals surface area contributed by atoms with Crippen molar-refractivity contribution in [2.45, 2.75) is 13.8 Å². The molecule has 0 aliphatic carbocycles. The molecule has 6 heteroatoms. The molecule has 3 aromatic carbocycles. The fourth-order valence-electron chi connectivity index (χ4n) is 3.52. The molecule has 0 bridgehead atoms. The summed E-state index contributed by atoms with van der Waals surface area (Å²) in [7, 11) is 0. The van der Waals surface area contributed by atoms with E-state index in [0.717, 1.165) is 28.1 Å². The fraction of sp³-hybridized carbons (Fsp3) is 0.0769. The van der Waals surface area contributed by atoms with Gasteiger partial charge in [-0.25, -0.2) is 4.68 Å². The van der Waals surface area contributed by atoms with Crippen LogP contribution in [-0.4, -0.2) is 30.9 Å². The van der Waals surface area contributed by atoms with Gasteiger partial charge in [-0.2, -0.15) is 14.9 Å². The monoisotopic (exact) mass is 418 g/mol. The number of rotatable bonds is 5. The molecule has 0 atom stereocenters. The number of aromatic nitrogens is 5. The number of para-hydroxylation sites is 1. The molecule has 0 radical (unpaired) electrons. The Labute approximate surface area is 186 Å². The van der Waals surface area contributed by atoms with Crippen molar-refractivity contribution in [3.05, 3.63) is 108 Å². The molecule has 0 saturated heterocycles. The molecule has 0 aliphatic heterocycles. The Balaban J connectivity index is 1.58. The summed E-state index contributed by atoms with van der Waals surface area (Å²) in [5.74, 6) is 0.685. The highest BCUT2D eigenvalue weighted by Gasteiger charge is 2.13. The molecule has 5 aromatic rings. The van der Waals surface area contributed by atoms with Crippen LogP contribution < -0.4 is 0 Å². The fourth-order valence-corrected chi connectivity index (χ4v) is 3.52. The van der Waals surface area contributed by atoms with Gasteiger partial charge >= 0.3 is 0 Å². The summed E-state index contributed by atoms with van der Waals surface area (Å²) >= 11 is 0. The maximum absolute atomic E-state index is 4.89. The quantitative estimate of drug-likeness (QED) is 0.364. The van der Waals surface area contributed by atoms with Crippen LogP contribution in [0.1, 0.15) is 16.7 Å². The Hall–Kier alpha value is -4.32. The molecule has 0 aliphatic rings. The lowest BCUT2D eigenvalue weighted by Gasteiger charge is -2.04. The van der Waals surface area contributed by atoms with Crippen molar-refractivity contribution in [3.63, 3.8) is 0 Å². The third-order valence-corrected chi connectivity index (χ3v) is 5.43.